The highest BCUT2D eigenvalue weighted by atomic mass is 16.5. The van der Waals surface area contributed by atoms with Crippen LogP contribution >= 0.6 is 0 Å². The third kappa shape index (κ3) is 2.98. The first-order valence-corrected chi connectivity index (χ1v) is 8.56. The minimum Gasteiger partial charge on any atom is -0.497 e. The normalized spacial score (nSPS) is 21.2. The Morgan fingerprint density at radius 3 is 2.79 bits per heavy atom. The maximum atomic E-state index is 5.83. The molecule has 24 heavy (non-hydrogen) atoms. The zero-order valence-electron chi connectivity index (χ0n) is 14.2. The van der Waals surface area contributed by atoms with E-state index >= 15 is 0 Å². The van der Waals surface area contributed by atoms with Crippen LogP contribution < -0.4 is 9.47 Å². The van der Waals surface area contributed by atoms with Crippen LogP contribution in [0.2, 0.25) is 0 Å². The van der Waals surface area contributed by atoms with E-state index < -0.39 is 0 Å². The lowest BCUT2D eigenvalue weighted by atomic mass is 10.0. The Hall–Kier alpha value is -2.08. The summed E-state index contributed by atoms with van der Waals surface area (Å²) in [5.74, 6) is 3.71. The summed E-state index contributed by atoms with van der Waals surface area (Å²) in [4.78, 5) is 2.40. The second kappa shape index (κ2) is 6.43. The van der Waals surface area contributed by atoms with Crippen LogP contribution in [-0.4, -0.2) is 35.9 Å². The van der Waals surface area contributed by atoms with Crippen molar-refractivity contribution >= 4 is 0 Å². The molecule has 2 aromatic rings. The van der Waals surface area contributed by atoms with Gasteiger partial charge in [-0.05, 0) is 38.3 Å². The third-order valence-corrected chi connectivity index (χ3v) is 4.91. The molecule has 4 rings (SSSR count). The van der Waals surface area contributed by atoms with Crippen LogP contribution in [0.4, 0.5) is 0 Å². The summed E-state index contributed by atoms with van der Waals surface area (Å²) in [6, 6.07) is 6.35. The molecule has 6 nitrogen and oxygen atoms in total. The quantitative estimate of drug-likeness (QED) is 0.810. The Morgan fingerprint density at radius 2 is 2.04 bits per heavy atom. The molecule has 1 saturated heterocycles. The van der Waals surface area contributed by atoms with Crippen molar-refractivity contribution < 1.29 is 13.9 Å². The number of hydrogen-bond donors (Lipinski definition) is 0. The summed E-state index contributed by atoms with van der Waals surface area (Å²) in [6.45, 7) is 1.72. The monoisotopic (exact) mass is 329 g/mol. The molecule has 0 radical (unpaired) electrons. The molecule has 2 aliphatic rings. The first-order chi connectivity index (χ1) is 11.8. The van der Waals surface area contributed by atoms with Gasteiger partial charge in [0.15, 0.2) is 0 Å². The SMILES string of the molecule is COc1ccc(C2CCCN2Cc2nnc(C3CC3)o2)c(OC)c1. The van der Waals surface area contributed by atoms with Crippen LogP contribution in [0.3, 0.4) is 0 Å². The van der Waals surface area contributed by atoms with Crippen LogP contribution in [0, 0.1) is 0 Å². The third-order valence-electron chi connectivity index (χ3n) is 4.91. The van der Waals surface area contributed by atoms with Crippen molar-refractivity contribution in [3.63, 3.8) is 0 Å². The molecule has 0 spiro atoms. The molecule has 2 heterocycles. The molecule has 6 heteroatoms. The van der Waals surface area contributed by atoms with Crippen LogP contribution in [0.25, 0.3) is 0 Å². The van der Waals surface area contributed by atoms with E-state index in [9.17, 15) is 0 Å². The van der Waals surface area contributed by atoms with E-state index in [2.05, 4.69) is 21.2 Å². The van der Waals surface area contributed by atoms with Crippen LogP contribution in [0.5, 0.6) is 11.5 Å². The molecule has 1 aromatic carbocycles. The number of nitrogens with zero attached hydrogens (tertiary/aromatic N) is 3. The van der Waals surface area contributed by atoms with Gasteiger partial charge in [-0.25, -0.2) is 0 Å². The van der Waals surface area contributed by atoms with Crippen molar-refractivity contribution in [3.05, 3.63) is 35.5 Å². The van der Waals surface area contributed by atoms with E-state index in [0.717, 1.165) is 42.7 Å². The molecule has 1 atom stereocenters. The lowest BCUT2D eigenvalue weighted by Gasteiger charge is -2.25. The van der Waals surface area contributed by atoms with Crippen molar-refractivity contribution in [2.75, 3.05) is 20.8 Å². The van der Waals surface area contributed by atoms with Gasteiger partial charge < -0.3 is 13.9 Å². The van der Waals surface area contributed by atoms with Gasteiger partial charge in [0.1, 0.15) is 11.5 Å². The highest BCUT2D eigenvalue weighted by molar-refractivity contribution is 5.42. The Balaban J connectivity index is 1.53. The second-order valence-corrected chi connectivity index (χ2v) is 6.54. The Morgan fingerprint density at radius 1 is 1.17 bits per heavy atom. The van der Waals surface area contributed by atoms with Crippen LogP contribution in [-0.2, 0) is 6.54 Å². The fraction of sp³-hybridized carbons (Fsp3) is 0.556. The summed E-state index contributed by atoms with van der Waals surface area (Å²) < 4.78 is 16.7. The predicted molar refractivity (Wildman–Crippen MR) is 88.2 cm³/mol. The van der Waals surface area contributed by atoms with E-state index in [0.29, 0.717) is 18.5 Å². The van der Waals surface area contributed by atoms with Gasteiger partial charge in [-0.2, -0.15) is 0 Å². The molecular weight excluding hydrogens is 306 g/mol. The lowest BCUT2D eigenvalue weighted by Crippen LogP contribution is -2.23. The smallest absolute Gasteiger partial charge is 0.230 e. The first-order valence-electron chi connectivity index (χ1n) is 8.56. The second-order valence-electron chi connectivity index (χ2n) is 6.54. The van der Waals surface area contributed by atoms with Gasteiger partial charge in [-0.1, -0.05) is 6.07 Å². The van der Waals surface area contributed by atoms with E-state index in [1.54, 1.807) is 14.2 Å². The van der Waals surface area contributed by atoms with Crippen molar-refractivity contribution in [2.45, 2.75) is 44.2 Å². The first kappa shape index (κ1) is 15.4. The standard InChI is InChI=1S/C18H23N3O3/c1-22-13-7-8-14(16(10-13)23-2)15-4-3-9-21(15)11-17-19-20-18(24-17)12-5-6-12/h7-8,10,12,15H,3-6,9,11H2,1-2H3. The molecule has 128 valence electrons. The highest BCUT2D eigenvalue weighted by Gasteiger charge is 2.32. The molecule has 1 aromatic heterocycles. The summed E-state index contributed by atoms with van der Waals surface area (Å²) >= 11 is 0. The Labute approximate surface area is 141 Å². The molecule has 1 unspecified atom stereocenters. The summed E-state index contributed by atoms with van der Waals surface area (Å²) in [7, 11) is 3.38. The van der Waals surface area contributed by atoms with Crippen molar-refractivity contribution in [3.8, 4) is 11.5 Å². The van der Waals surface area contributed by atoms with E-state index in [-0.39, 0.29) is 0 Å². The van der Waals surface area contributed by atoms with Gasteiger partial charge >= 0.3 is 0 Å². The molecule has 0 N–H and O–H groups in total. The molecule has 1 aliphatic carbocycles. The number of likely N-dealkylation sites (tertiary alicyclic amines) is 1. The largest absolute Gasteiger partial charge is 0.497 e. The van der Waals surface area contributed by atoms with Crippen molar-refractivity contribution in [1.82, 2.24) is 15.1 Å². The zero-order chi connectivity index (χ0) is 16.5. The highest BCUT2D eigenvalue weighted by Crippen LogP contribution is 2.41. The minimum atomic E-state index is 0.308. The van der Waals surface area contributed by atoms with Gasteiger partial charge in [0.05, 0.1) is 20.8 Å². The van der Waals surface area contributed by atoms with E-state index in [1.165, 1.54) is 18.4 Å². The number of rotatable bonds is 6. The predicted octanol–water partition coefficient (Wildman–Crippen LogP) is 3.30. The molecule has 0 amide bonds. The maximum absolute atomic E-state index is 5.83. The van der Waals surface area contributed by atoms with Gasteiger partial charge in [0.25, 0.3) is 0 Å². The summed E-state index contributed by atoms with van der Waals surface area (Å²) in [6.07, 6.45) is 4.61. The Bertz CT molecular complexity index is 711. The molecule has 2 fully saturated rings. The molecular formula is C18H23N3O3. The fourth-order valence-corrected chi connectivity index (χ4v) is 3.46. The summed E-state index contributed by atoms with van der Waals surface area (Å²) in [5, 5.41) is 8.42. The van der Waals surface area contributed by atoms with E-state index in [1.807, 2.05) is 12.1 Å². The summed E-state index contributed by atoms with van der Waals surface area (Å²) in [5.41, 5.74) is 1.19. The maximum Gasteiger partial charge on any atom is 0.230 e. The van der Waals surface area contributed by atoms with E-state index in [4.69, 9.17) is 13.9 Å². The lowest BCUT2D eigenvalue weighted by molar-refractivity contribution is 0.217. The molecule has 0 bridgehead atoms. The number of benzene rings is 1. The molecule has 1 saturated carbocycles. The topological polar surface area (TPSA) is 60.6 Å². The average Bonchev–Trinajstić information content (AvgIpc) is 3.19. The minimum absolute atomic E-state index is 0.308. The zero-order valence-corrected chi connectivity index (χ0v) is 14.2. The van der Waals surface area contributed by atoms with Crippen LogP contribution in [0.1, 0.15) is 55.0 Å². The number of aromatic nitrogens is 2. The Kier molecular flexibility index (Phi) is 4.14. The molecule has 1 aliphatic heterocycles. The fourth-order valence-electron chi connectivity index (χ4n) is 3.46. The van der Waals surface area contributed by atoms with Crippen molar-refractivity contribution in [2.24, 2.45) is 0 Å². The number of hydrogen-bond acceptors (Lipinski definition) is 6. The van der Waals surface area contributed by atoms with Gasteiger partial charge in [0, 0.05) is 23.6 Å². The average molecular weight is 329 g/mol. The van der Waals surface area contributed by atoms with Gasteiger partial charge in [0.2, 0.25) is 11.8 Å². The number of ether oxygens (including phenoxy) is 2. The van der Waals surface area contributed by atoms with Gasteiger partial charge in [-0.3, -0.25) is 4.90 Å². The van der Waals surface area contributed by atoms with Gasteiger partial charge in [-0.15, -0.1) is 10.2 Å². The van der Waals surface area contributed by atoms with Crippen molar-refractivity contribution in [1.29, 1.82) is 0 Å². The number of methoxy groups -OCH3 is 2. The van der Waals surface area contributed by atoms with Crippen LogP contribution in [0.15, 0.2) is 22.6 Å².